The summed E-state index contributed by atoms with van der Waals surface area (Å²) in [6, 6.07) is 0. The number of aromatic nitrogens is 1. The molecule has 0 bridgehead atoms. The normalized spacial score (nSPS) is 11.4. The van der Waals surface area contributed by atoms with Crippen molar-refractivity contribution in [3.63, 3.8) is 0 Å². The van der Waals surface area contributed by atoms with Crippen LogP contribution in [-0.4, -0.2) is 40.5 Å². The number of hydrogen-bond acceptors (Lipinski definition) is 5. The first-order chi connectivity index (χ1) is 8.72. The van der Waals surface area contributed by atoms with Crippen LogP contribution in [0.3, 0.4) is 0 Å². The summed E-state index contributed by atoms with van der Waals surface area (Å²) in [5.74, 6) is -1.26. The number of nitrogens with zero attached hydrogens (tertiary/aromatic N) is 2. The van der Waals surface area contributed by atoms with E-state index in [1.165, 1.54) is 4.90 Å². The van der Waals surface area contributed by atoms with E-state index < -0.39 is 11.5 Å². The standard InChI is InChI=1S/C12H19N3O3S/c1-6-13-12(3,4)11(18)15(5)9-8(10(16)17)7(2)14-19-9/h13H,6H2,1-5H3,(H,16,17). The van der Waals surface area contributed by atoms with E-state index in [1.807, 2.05) is 6.92 Å². The number of carbonyl (C=O) groups is 2. The van der Waals surface area contributed by atoms with Crippen molar-refractivity contribution in [1.82, 2.24) is 9.69 Å². The molecule has 0 spiro atoms. The number of carboxylic acid groups (broad SMARTS) is 1. The van der Waals surface area contributed by atoms with Crippen LogP contribution in [0, 0.1) is 6.92 Å². The van der Waals surface area contributed by atoms with Gasteiger partial charge in [-0.2, -0.15) is 4.37 Å². The van der Waals surface area contributed by atoms with Crippen molar-refractivity contribution in [3.05, 3.63) is 11.3 Å². The highest BCUT2D eigenvalue weighted by molar-refractivity contribution is 7.11. The van der Waals surface area contributed by atoms with Crippen LogP contribution in [0.2, 0.25) is 0 Å². The second-order valence-corrected chi connectivity index (χ2v) is 5.52. The average Bonchev–Trinajstić information content (AvgIpc) is 2.69. The second-order valence-electron chi connectivity index (χ2n) is 4.77. The lowest BCUT2D eigenvalue weighted by Gasteiger charge is -2.29. The van der Waals surface area contributed by atoms with Crippen LogP contribution in [0.25, 0.3) is 0 Å². The Balaban J connectivity index is 3.11. The lowest BCUT2D eigenvalue weighted by Crippen LogP contribution is -2.53. The van der Waals surface area contributed by atoms with Gasteiger partial charge in [-0.05, 0) is 38.8 Å². The fourth-order valence-corrected chi connectivity index (χ4v) is 2.71. The molecule has 0 aliphatic rings. The molecule has 7 heteroatoms. The Morgan fingerprint density at radius 1 is 1.47 bits per heavy atom. The van der Waals surface area contributed by atoms with Gasteiger partial charge in [0, 0.05) is 7.05 Å². The van der Waals surface area contributed by atoms with Crippen molar-refractivity contribution in [1.29, 1.82) is 0 Å². The highest BCUT2D eigenvalue weighted by Crippen LogP contribution is 2.29. The summed E-state index contributed by atoms with van der Waals surface area (Å²) in [5, 5.41) is 12.6. The van der Waals surface area contributed by atoms with E-state index in [-0.39, 0.29) is 11.5 Å². The number of carbonyl (C=O) groups excluding carboxylic acids is 1. The second kappa shape index (κ2) is 5.66. The maximum atomic E-state index is 12.4. The van der Waals surface area contributed by atoms with Gasteiger partial charge in [0.25, 0.3) is 0 Å². The third kappa shape index (κ3) is 3.10. The van der Waals surface area contributed by atoms with E-state index in [2.05, 4.69) is 9.69 Å². The van der Waals surface area contributed by atoms with Crippen molar-refractivity contribution < 1.29 is 14.7 Å². The lowest BCUT2D eigenvalue weighted by atomic mass is 10.0. The molecule has 0 radical (unpaired) electrons. The van der Waals surface area contributed by atoms with Gasteiger partial charge in [0.2, 0.25) is 5.91 Å². The number of rotatable bonds is 5. The molecule has 1 aromatic rings. The molecule has 2 N–H and O–H groups in total. The minimum absolute atomic E-state index is 0.0909. The number of nitrogens with one attached hydrogen (secondary N) is 1. The minimum atomic E-state index is -1.07. The van der Waals surface area contributed by atoms with E-state index in [0.29, 0.717) is 17.2 Å². The van der Waals surface area contributed by atoms with Crippen LogP contribution in [0.5, 0.6) is 0 Å². The van der Waals surface area contributed by atoms with E-state index in [9.17, 15) is 14.7 Å². The van der Waals surface area contributed by atoms with E-state index in [1.54, 1.807) is 27.8 Å². The summed E-state index contributed by atoms with van der Waals surface area (Å²) in [5.41, 5.74) is -0.237. The first kappa shape index (κ1) is 15.6. The number of likely N-dealkylation sites (N-methyl/N-ethyl adjacent to an activating group) is 2. The molecule has 0 atom stereocenters. The molecule has 0 saturated heterocycles. The van der Waals surface area contributed by atoms with Gasteiger partial charge in [0.15, 0.2) is 0 Å². The summed E-state index contributed by atoms with van der Waals surface area (Å²) in [6.45, 7) is 7.72. The Morgan fingerprint density at radius 3 is 2.53 bits per heavy atom. The summed E-state index contributed by atoms with van der Waals surface area (Å²) >= 11 is 1.02. The number of anilines is 1. The minimum Gasteiger partial charge on any atom is -0.478 e. The van der Waals surface area contributed by atoms with Gasteiger partial charge in [-0.1, -0.05) is 6.92 Å². The maximum absolute atomic E-state index is 12.4. The number of carboxylic acids is 1. The van der Waals surface area contributed by atoms with E-state index >= 15 is 0 Å². The van der Waals surface area contributed by atoms with Crippen LogP contribution >= 0.6 is 11.5 Å². The van der Waals surface area contributed by atoms with Gasteiger partial charge >= 0.3 is 5.97 Å². The Labute approximate surface area is 116 Å². The van der Waals surface area contributed by atoms with Crippen molar-refractivity contribution in [2.24, 2.45) is 0 Å². The topological polar surface area (TPSA) is 82.5 Å². The number of aryl methyl sites for hydroxylation is 1. The molecule has 0 aromatic carbocycles. The smallest absolute Gasteiger partial charge is 0.340 e. The predicted molar refractivity (Wildman–Crippen MR) is 75.0 cm³/mol. The molecule has 1 heterocycles. The van der Waals surface area contributed by atoms with Crippen LogP contribution in [0.1, 0.15) is 36.8 Å². The van der Waals surface area contributed by atoms with Crippen LogP contribution in [0.15, 0.2) is 0 Å². The summed E-state index contributed by atoms with van der Waals surface area (Å²) < 4.78 is 4.02. The number of amides is 1. The van der Waals surface area contributed by atoms with Gasteiger partial charge in [-0.15, -0.1) is 0 Å². The Bertz CT molecular complexity index is 496. The monoisotopic (exact) mass is 285 g/mol. The van der Waals surface area contributed by atoms with Crippen molar-refractivity contribution in [3.8, 4) is 0 Å². The Kier molecular flexibility index (Phi) is 4.65. The molecule has 0 fully saturated rings. The molecule has 1 amide bonds. The summed E-state index contributed by atoms with van der Waals surface area (Å²) in [6.07, 6.45) is 0. The Hall–Kier alpha value is -1.47. The van der Waals surface area contributed by atoms with Gasteiger partial charge in [-0.3, -0.25) is 4.79 Å². The molecule has 0 aliphatic carbocycles. The maximum Gasteiger partial charge on any atom is 0.340 e. The third-order valence-corrected chi connectivity index (χ3v) is 3.84. The van der Waals surface area contributed by atoms with Gasteiger partial charge in [0.1, 0.15) is 10.6 Å². The van der Waals surface area contributed by atoms with Crippen LogP contribution < -0.4 is 10.2 Å². The zero-order chi connectivity index (χ0) is 14.8. The van der Waals surface area contributed by atoms with E-state index in [0.717, 1.165) is 11.5 Å². The van der Waals surface area contributed by atoms with Crippen molar-refractivity contribution >= 4 is 28.4 Å². The average molecular weight is 285 g/mol. The molecule has 0 unspecified atom stereocenters. The van der Waals surface area contributed by atoms with E-state index in [4.69, 9.17) is 0 Å². The van der Waals surface area contributed by atoms with Crippen molar-refractivity contribution in [2.75, 3.05) is 18.5 Å². The molecule has 0 saturated carbocycles. The fourth-order valence-electron chi connectivity index (χ4n) is 1.86. The number of aromatic carboxylic acids is 1. The fraction of sp³-hybridized carbons (Fsp3) is 0.583. The molecule has 1 aromatic heterocycles. The highest BCUT2D eigenvalue weighted by Gasteiger charge is 2.33. The van der Waals surface area contributed by atoms with Gasteiger partial charge < -0.3 is 15.3 Å². The lowest BCUT2D eigenvalue weighted by molar-refractivity contribution is -0.123. The molecular weight excluding hydrogens is 266 g/mol. The first-order valence-corrected chi connectivity index (χ1v) is 6.72. The highest BCUT2D eigenvalue weighted by atomic mass is 32.1. The Morgan fingerprint density at radius 2 is 2.05 bits per heavy atom. The zero-order valence-electron chi connectivity index (χ0n) is 11.8. The first-order valence-electron chi connectivity index (χ1n) is 5.95. The largest absolute Gasteiger partial charge is 0.478 e. The van der Waals surface area contributed by atoms with Gasteiger partial charge in [0.05, 0.1) is 11.2 Å². The molecule has 6 nitrogen and oxygen atoms in total. The summed E-state index contributed by atoms with van der Waals surface area (Å²) in [4.78, 5) is 25.0. The SMILES string of the molecule is CCNC(C)(C)C(=O)N(C)c1snc(C)c1C(=O)O. The molecule has 0 aliphatic heterocycles. The molecular formula is C12H19N3O3S. The van der Waals surface area contributed by atoms with Crippen LogP contribution in [-0.2, 0) is 4.79 Å². The predicted octanol–water partition coefficient (Wildman–Crippen LogP) is 1.50. The molecule has 19 heavy (non-hydrogen) atoms. The molecule has 1 rings (SSSR count). The summed E-state index contributed by atoms with van der Waals surface area (Å²) in [7, 11) is 1.57. The number of hydrogen-bond donors (Lipinski definition) is 2. The van der Waals surface area contributed by atoms with Gasteiger partial charge in [-0.25, -0.2) is 4.79 Å². The van der Waals surface area contributed by atoms with Crippen LogP contribution in [0.4, 0.5) is 5.00 Å². The zero-order valence-corrected chi connectivity index (χ0v) is 12.6. The molecule has 106 valence electrons. The quantitative estimate of drug-likeness (QED) is 0.856. The van der Waals surface area contributed by atoms with Crippen molar-refractivity contribution in [2.45, 2.75) is 33.2 Å². The third-order valence-electron chi connectivity index (χ3n) is 2.82.